The van der Waals surface area contributed by atoms with Gasteiger partial charge in [-0.25, -0.2) is 0 Å². The standard InChI is InChI=1S/C13H16BrNO/c1-2-3-4-5-8-16-12-7-6-11(10-15)13(14)9-12/h6-7,9H,2-5,8H2,1H3. The van der Waals surface area contributed by atoms with E-state index < -0.39 is 0 Å². The second-order valence-corrected chi connectivity index (χ2v) is 4.52. The van der Waals surface area contributed by atoms with Gasteiger partial charge in [-0.3, -0.25) is 0 Å². The second kappa shape index (κ2) is 7.29. The Labute approximate surface area is 105 Å². The van der Waals surface area contributed by atoms with Gasteiger partial charge in [0.1, 0.15) is 11.8 Å². The number of rotatable bonds is 6. The maximum Gasteiger partial charge on any atom is 0.120 e. The number of hydrogen-bond donors (Lipinski definition) is 0. The summed E-state index contributed by atoms with van der Waals surface area (Å²) in [5, 5.41) is 8.76. The summed E-state index contributed by atoms with van der Waals surface area (Å²) in [4.78, 5) is 0. The van der Waals surface area contributed by atoms with Crippen LogP contribution in [-0.4, -0.2) is 6.61 Å². The molecule has 0 atom stereocenters. The largest absolute Gasteiger partial charge is 0.494 e. The third-order valence-electron chi connectivity index (χ3n) is 2.33. The highest BCUT2D eigenvalue weighted by Crippen LogP contribution is 2.22. The normalized spacial score (nSPS) is 9.81. The molecule has 0 aliphatic carbocycles. The molecule has 0 amide bonds. The van der Waals surface area contributed by atoms with Gasteiger partial charge in [0.25, 0.3) is 0 Å². The summed E-state index contributed by atoms with van der Waals surface area (Å²) in [7, 11) is 0. The van der Waals surface area contributed by atoms with Crippen LogP contribution in [0.15, 0.2) is 22.7 Å². The summed E-state index contributed by atoms with van der Waals surface area (Å²) in [6.07, 6.45) is 4.81. The van der Waals surface area contributed by atoms with Crippen molar-refractivity contribution in [1.29, 1.82) is 5.26 Å². The minimum Gasteiger partial charge on any atom is -0.494 e. The average molecular weight is 282 g/mol. The van der Waals surface area contributed by atoms with E-state index in [4.69, 9.17) is 10.00 Å². The molecule has 0 aromatic heterocycles. The quantitative estimate of drug-likeness (QED) is 0.729. The Balaban J connectivity index is 2.38. The van der Waals surface area contributed by atoms with Crippen molar-refractivity contribution in [3.63, 3.8) is 0 Å². The lowest BCUT2D eigenvalue weighted by atomic mass is 10.2. The molecular formula is C13H16BrNO. The van der Waals surface area contributed by atoms with Crippen molar-refractivity contribution in [1.82, 2.24) is 0 Å². The molecule has 1 aromatic rings. The molecule has 86 valence electrons. The number of nitrogens with zero attached hydrogens (tertiary/aromatic N) is 1. The second-order valence-electron chi connectivity index (χ2n) is 3.66. The van der Waals surface area contributed by atoms with Crippen molar-refractivity contribution in [2.24, 2.45) is 0 Å². The Morgan fingerprint density at radius 1 is 1.31 bits per heavy atom. The molecule has 2 nitrogen and oxygen atoms in total. The highest BCUT2D eigenvalue weighted by Gasteiger charge is 2.00. The maximum absolute atomic E-state index is 8.76. The Morgan fingerprint density at radius 3 is 2.75 bits per heavy atom. The minimum absolute atomic E-state index is 0.637. The van der Waals surface area contributed by atoms with Crippen LogP contribution in [0.5, 0.6) is 5.75 Å². The van der Waals surface area contributed by atoms with Gasteiger partial charge in [-0.15, -0.1) is 0 Å². The first kappa shape index (κ1) is 13.1. The van der Waals surface area contributed by atoms with Gasteiger partial charge in [-0.2, -0.15) is 5.26 Å². The number of ether oxygens (including phenoxy) is 1. The SMILES string of the molecule is CCCCCCOc1ccc(C#N)c(Br)c1. The third-order valence-corrected chi connectivity index (χ3v) is 2.98. The summed E-state index contributed by atoms with van der Waals surface area (Å²) in [5.41, 5.74) is 0.637. The molecule has 16 heavy (non-hydrogen) atoms. The van der Waals surface area contributed by atoms with Crippen molar-refractivity contribution < 1.29 is 4.74 Å². The first-order valence-electron chi connectivity index (χ1n) is 5.60. The third kappa shape index (κ3) is 4.24. The molecular weight excluding hydrogens is 266 g/mol. The van der Waals surface area contributed by atoms with E-state index >= 15 is 0 Å². The van der Waals surface area contributed by atoms with Crippen molar-refractivity contribution in [3.05, 3.63) is 28.2 Å². The van der Waals surface area contributed by atoms with Crippen LogP contribution in [-0.2, 0) is 0 Å². The molecule has 0 saturated carbocycles. The fourth-order valence-corrected chi connectivity index (χ4v) is 1.84. The van der Waals surface area contributed by atoms with Gasteiger partial charge in [0.15, 0.2) is 0 Å². The van der Waals surface area contributed by atoms with Crippen LogP contribution in [0.3, 0.4) is 0 Å². The molecule has 0 N–H and O–H groups in total. The molecule has 0 unspecified atom stereocenters. The molecule has 0 saturated heterocycles. The Hall–Kier alpha value is -1.01. The Bertz CT molecular complexity index is 371. The van der Waals surface area contributed by atoms with E-state index in [1.807, 2.05) is 12.1 Å². The molecule has 0 radical (unpaired) electrons. The van der Waals surface area contributed by atoms with Crippen LogP contribution in [0, 0.1) is 11.3 Å². The van der Waals surface area contributed by atoms with Gasteiger partial charge in [0, 0.05) is 4.47 Å². The number of halogens is 1. The topological polar surface area (TPSA) is 33.0 Å². The zero-order chi connectivity index (χ0) is 11.8. The molecule has 3 heteroatoms. The van der Waals surface area contributed by atoms with Gasteiger partial charge >= 0.3 is 0 Å². The minimum atomic E-state index is 0.637. The molecule has 0 bridgehead atoms. The first-order valence-corrected chi connectivity index (χ1v) is 6.39. The van der Waals surface area contributed by atoms with Gasteiger partial charge in [-0.05, 0) is 40.5 Å². The van der Waals surface area contributed by atoms with Crippen LogP contribution in [0.4, 0.5) is 0 Å². The first-order chi connectivity index (χ1) is 7.77. The van der Waals surface area contributed by atoms with E-state index in [1.165, 1.54) is 19.3 Å². The zero-order valence-corrected chi connectivity index (χ0v) is 11.1. The van der Waals surface area contributed by atoms with E-state index in [-0.39, 0.29) is 0 Å². The van der Waals surface area contributed by atoms with Gasteiger partial charge in [0.2, 0.25) is 0 Å². The van der Waals surface area contributed by atoms with E-state index in [2.05, 4.69) is 28.9 Å². The highest BCUT2D eigenvalue weighted by atomic mass is 79.9. The van der Waals surface area contributed by atoms with E-state index in [1.54, 1.807) is 6.07 Å². The van der Waals surface area contributed by atoms with E-state index in [9.17, 15) is 0 Å². The van der Waals surface area contributed by atoms with Crippen molar-refractivity contribution in [3.8, 4) is 11.8 Å². The van der Waals surface area contributed by atoms with Crippen LogP contribution in [0.25, 0.3) is 0 Å². The van der Waals surface area contributed by atoms with E-state index in [0.29, 0.717) is 5.56 Å². The predicted molar refractivity (Wildman–Crippen MR) is 68.5 cm³/mol. The Morgan fingerprint density at radius 2 is 2.12 bits per heavy atom. The van der Waals surface area contributed by atoms with Crippen LogP contribution in [0.1, 0.15) is 38.2 Å². The highest BCUT2D eigenvalue weighted by molar-refractivity contribution is 9.10. The monoisotopic (exact) mass is 281 g/mol. The lowest BCUT2D eigenvalue weighted by molar-refractivity contribution is 0.305. The number of nitriles is 1. The van der Waals surface area contributed by atoms with Crippen molar-refractivity contribution in [2.45, 2.75) is 32.6 Å². The fourth-order valence-electron chi connectivity index (χ4n) is 1.40. The molecule has 1 rings (SSSR count). The van der Waals surface area contributed by atoms with Gasteiger partial charge in [0.05, 0.1) is 12.2 Å². The molecule has 0 heterocycles. The molecule has 1 aromatic carbocycles. The lowest BCUT2D eigenvalue weighted by Gasteiger charge is -2.06. The summed E-state index contributed by atoms with van der Waals surface area (Å²) in [5.74, 6) is 0.822. The summed E-state index contributed by atoms with van der Waals surface area (Å²) in [6.45, 7) is 2.94. The van der Waals surface area contributed by atoms with E-state index in [0.717, 1.165) is 23.2 Å². The summed E-state index contributed by atoms with van der Waals surface area (Å²) >= 11 is 3.34. The van der Waals surface area contributed by atoms with Crippen LogP contribution >= 0.6 is 15.9 Å². The van der Waals surface area contributed by atoms with Gasteiger partial charge in [-0.1, -0.05) is 26.2 Å². The number of unbranched alkanes of at least 4 members (excludes halogenated alkanes) is 3. The molecule has 0 spiro atoms. The number of hydrogen-bond acceptors (Lipinski definition) is 2. The summed E-state index contributed by atoms with van der Waals surface area (Å²) < 4.78 is 6.39. The lowest BCUT2D eigenvalue weighted by Crippen LogP contribution is -1.97. The van der Waals surface area contributed by atoms with Crippen molar-refractivity contribution >= 4 is 15.9 Å². The Kier molecular flexibility index (Phi) is 5.95. The van der Waals surface area contributed by atoms with Crippen LogP contribution in [0.2, 0.25) is 0 Å². The predicted octanol–water partition coefficient (Wildman–Crippen LogP) is 4.28. The average Bonchev–Trinajstić information content (AvgIpc) is 2.29. The zero-order valence-electron chi connectivity index (χ0n) is 9.50. The number of benzene rings is 1. The smallest absolute Gasteiger partial charge is 0.120 e. The molecule has 0 fully saturated rings. The molecule has 0 aliphatic heterocycles. The summed E-state index contributed by atoms with van der Waals surface area (Å²) in [6, 6.07) is 7.56. The van der Waals surface area contributed by atoms with Crippen LogP contribution < -0.4 is 4.74 Å². The van der Waals surface area contributed by atoms with Gasteiger partial charge < -0.3 is 4.74 Å². The van der Waals surface area contributed by atoms with Crippen molar-refractivity contribution in [2.75, 3.05) is 6.61 Å². The fraction of sp³-hybridized carbons (Fsp3) is 0.462. The maximum atomic E-state index is 8.76. The molecule has 0 aliphatic rings.